The Bertz CT molecular complexity index is 212. The molecule has 1 N–H and O–H groups in total. The lowest BCUT2D eigenvalue weighted by Crippen LogP contribution is -2.40. The summed E-state index contributed by atoms with van der Waals surface area (Å²) in [6, 6.07) is 0.771. The van der Waals surface area contributed by atoms with E-state index in [2.05, 4.69) is 39.9 Å². The lowest BCUT2D eigenvalue weighted by Gasteiger charge is -2.39. The highest BCUT2D eigenvalue weighted by molar-refractivity contribution is 4.85. The SMILES string of the molecule is CCCC(C)CC(NCC)C1CCC(C)(C)CC1. The molecule has 0 aromatic heterocycles. The van der Waals surface area contributed by atoms with Gasteiger partial charge in [0.2, 0.25) is 0 Å². The van der Waals surface area contributed by atoms with Gasteiger partial charge in [0.25, 0.3) is 0 Å². The van der Waals surface area contributed by atoms with E-state index in [1.54, 1.807) is 0 Å². The van der Waals surface area contributed by atoms with E-state index < -0.39 is 0 Å². The molecule has 0 radical (unpaired) electrons. The second-order valence-corrected chi connectivity index (χ2v) is 7.30. The smallest absolute Gasteiger partial charge is 0.00977 e. The van der Waals surface area contributed by atoms with Crippen molar-refractivity contribution in [3.8, 4) is 0 Å². The summed E-state index contributed by atoms with van der Waals surface area (Å²) in [5.41, 5.74) is 0.600. The maximum absolute atomic E-state index is 3.77. The van der Waals surface area contributed by atoms with Gasteiger partial charge in [-0.15, -0.1) is 0 Å². The minimum Gasteiger partial charge on any atom is -0.314 e. The Morgan fingerprint density at radius 2 is 1.78 bits per heavy atom. The van der Waals surface area contributed by atoms with Crippen LogP contribution in [-0.4, -0.2) is 12.6 Å². The van der Waals surface area contributed by atoms with Crippen LogP contribution in [0.5, 0.6) is 0 Å². The number of rotatable bonds is 7. The fourth-order valence-corrected chi connectivity index (χ4v) is 3.57. The molecule has 0 aromatic carbocycles. The zero-order valence-corrected chi connectivity index (χ0v) is 13.4. The molecule has 18 heavy (non-hydrogen) atoms. The van der Waals surface area contributed by atoms with Crippen LogP contribution in [0.25, 0.3) is 0 Å². The Kier molecular flexibility index (Phi) is 6.70. The summed E-state index contributed by atoms with van der Waals surface area (Å²) >= 11 is 0. The molecular formula is C17H35N. The fourth-order valence-electron chi connectivity index (χ4n) is 3.57. The van der Waals surface area contributed by atoms with Crippen molar-refractivity contribution in [2.45, 2.75) is 85.6 Å². The van der Waals surface area contributed by atoms with Gasteiger partial charge >= 0.3 is 0 Å². The first kappa shape index (κ1) is 16.0. The topological polar surface area (TPSA) is 12.0 Å². The van der Waals surface area contributed by atoms with Gasteiger partial charge in [-0.3, -0.25) is 0 Å². The molecule has 0 aliphatic heterocycles. The van der Waals surface area contributed by atoms with Gasteiger partial charge in [0.1, 0.15) is 0 Å². The van der Waals surface area contributed by atoms with Gasteiger partial charge in [-0.1, -0.05) is 47.5 Å². The number of hydrogen-bond donors (Lipinski definition) is 1. The molecule has 1 nitrogen and oxygen atoms in total. The van der Waals surface area contributed by atoms with Crippen molar-refractivity contribution in [3.63, 3.8) is 0 Å². The van der Waals surface area contributed by atoms with E-state index in [0.717, 1.165) is 24.4 Å². The molecule has 0 bridgehead atoms. The van der Waals surface area contributed by atoms with E-state index in [0.29, 0.717) is 5.41 Å². The Hall–Kier alpha value is -0.0400. The van der Waals surface area contributed by atoms with Crippen molar-refractivity contribution in [1.29, 1.82) is 0 Å². The van der Waals surface area contributed by atoms with Crippen LogP contribution < -0.4 is 5.32 Å². The van der Waals surface area contributed by atoms with Crippen LogP contribution in [-0.2, 0) is 0 Å². The van der Waals surface area contributed by atoms with E-state index in [9.17, 15) is 0 Å². The molecule has 1 heteroatoms. The van der Waals surface area contributed by atoms with E-state index in [1.807, 2.05) is 0 Å². The van der Waals surface area contributed by atoms with Crippen molar-refractivity contribution < 1.29 is 0 Å². The Balaban J connectivity index is 2.46. The highest BCUT2D eigenvalue weighted by Crippen LogP contribution is 2.40. The average Bonchev–Trinajstić information content (AvgIpc) is 2.29. The first-order chi connectivity index (χ1) is 8.48. The molecule has 0 heterocycles. The summed E-state index contributed by atoms with van der Waals surface area (Å²) in [5, 5.41) is 3.77. The maximum Gasteiger partial charge on any atom is 0.00977 e. The fraction of sp³-hybridized carbons (Fsp3) is 1.00. The monoisotopic (exact) mass is 253 g/mol. The van der Waals surface area contributed by atoms with Crippen molar-refractivity contribution in [3.05, 3.63) is 0 Å². The second-order valence-electron chi connectivity index (χ2n) is 7.30. The molecular weight excluding hydrogens is 218 g/mol. The van der Waals surface area contributed by atoms with Crippen molar-refractivity contribution in [1.82, 2.24) is 5.32 Å². The van der Waals surface area contributed by atoms with E-state index in [4.69, 9.17) is 0 Å². The Labute approximate surface area is 115 Å². The van der Waals surface area contributed by atoms with Gasteiger partial charge in [0, 0.05) is 6.04 Å². The molecule has 1 aliphatic rings. The van der Waals surface area contributed by atoms with Gasteiger partial charge < -0.3 is 5.32 Å². The summed E-state index contributed by atoms with van der Waals surface area (Å²) < 4.78 is 0. The predicted octanol–water partition coefficient (Wildman–Crippen LogP) is 5.01. The molecule has 2 atom stereocenters. The lowest BCUT2D eigenvalue weighted by atomic mass is 9.70. The Morgan fingerprint density at radius 1 is 1.17 bits per heavy atom. The summed E-state index contributed by atoms with van der Waals surface area (Å²) in [6.45, 7) is 13.0. The minimum absolute atomic E-state index is 0.600. The van der Waals surface area contributed by atoms with Gasteiger partial charge in [-0.2, -0.15) is 0 Å². The molecule has 1 saturated carbocycles. The standard InChI is InChI=1S/C17H35N/c1-6-8-14(3)13-16(18-7-2)15-9-11-17(4,5)12-10-15/h14-16,18H,6-13H2,1-5H3. The van der Waals surface area contributed by atoms with Crippen LogP contribution in [0, 0.1) is 17.3 Å². The molecule has 0 saturated heterocycles. The molecule has 1 aliphatic carbocycles. The highest BCUT2D eigenvalue weighted by Gasteiger charge is 2.31. The lowest BCUT2D eigenvalue weighted by molar-refractivity contribution is 0.150. The third-order valence-corrected chi connectivity index (χ3v) is 4.86. The van der Waals surface area contributed by atoms with Crippen LogP contribution in [0.3, 0.4) is 0 Å². The third kappa shape index (κ3) is 5.30. The molecule has 1 fully saturated rings. The second kappa shape index (κ2) is 7.53. The normalized spacial score (nSPS) is 23.8. The molecule has 0 aromatic rings. The quantitative estimate of drug-likeness (QED) is 0.672. The van der Waals surface area contributed by atoms with Gasteiger partial charge in [-0.05, 0) is 55.9 Å². The zero-order valence-electron chi connectivity index (χ0n) is 13.4. The predicted molar refractivity (Wildman–Crippen MR) is 81.9 cm³/mol. The van der Waals surface area contributed by atoms with Crippen LogP contribution >= 0.6 is 0 Å². The first-order valence-corrected chi connectivity index (χ1v) is 8.22. The largest absolute Gasteiger partial charge is 0.314 e. The first-order valence-electron chi connectivity index (χ1n) is 8.22. The van der Waals surface area contributed by atoms with E-state index >= 15 is 0 Å². The number of hydrogen-bond acceptors (Lipinski definition) is 1. The summed E-state index contributed by atoms with van der Waals surface area (Å²) in [7, 11) is 0. The average molecular weight is 253 g/mol. The van der Waals surface area contributed by atoms with Crippen LogP contribution in [0.4, 0.5) is 0 Å². The Morgan fingerprint density at radius 3 is 2.28 bits per heavy atom. The summed E-state index contributed by atoms with van der Waals surface area (Å²) in [6.07, 6.45) is 9.81. The van der Waals surface area contributed by atoms with E-state index in [-0.39, 0.29) is 0 Å². The zero-order chi connectivity index (χ0) is 13.6. The molecule has 0 spiro atoms. The molecule has 108 valence electrons. The summed E-state index contributed by atoms with van der Waals surface area (Å²) in [5.74, 6) is 1.81. The molecule has 1 rings (SSSR count). The van der Waals surface area contributed by atoms with Gasteiger partial charge in [0.05, 0.1) is 0 Å². The van der Waals surface area contributed by atoms with E-state index in [1.165, 1.54) is 44.9 Å². The third-order valence-electron chi connectivity index (χ3n) is 4.86. The molecule has 0 amide bonds. The van der Waals surface area contributed by atoms with Gasteiger partial charge in [-0.25, -0.2) is 0 Å². The van der Waals surface area contributed by atoms with Crippen LogP contribution in [0.15, 0.2) is 0 Å². The van der Waals surface area contributed by atoms with Crippen molar-refractivity contribution >= 4 is 0 Å². The molecule has 2 unspecified atom stereocenters. The van der Waals surface area contributed by atoms with Crippen LogP contribution in [0.2, 0.25) is 0 Å². The van der Waals surface area contributed by atoms with Crippen LogP contribution in [0.1, 0.15) is 79.6 Å². The number of nitrogens with one attached hydrogen (secondary N) is 1. The summed E-state index contributed by atoms with van der Waals surface area (Å²) in [4.78, 5) is 0. The van der Waals surface area contributed by atoms with Gasteiger partial charge in [0.15, 0.2) is 0 Å². The van der Waals surface area contributed by atoms with Crippen molar-refractivity contribution in [2.75, 3.05) is 6.54 Å². The van der Waals surface area contributed by atoms with Crippen molar-refractivity contribution in [2.24, 2.45) is 17.3 Å². The highest BCUT2D eigenvalue weighted by atomic mass is 14.9. The minimum atomic E-state index is 0.600. The maximum atomic E-state index is 3.77.